The Bertz CT molecular complexity index is 279. The van der Waals surface area contributed by atoms with Crippen LogP contribution in [0.1, 0.15) is 24.3 Å². The van der Waals surface area contributed by atoms with Crippen LogP contribution in [0.3, 0.4) is 0 Å². The smallest absolute Gasteiger partial charge is 0.0535 e. The van der Waals surface area contributed by atoms with Crippen molar-refractivity contribution in [1.82, 2.24) is 10.3 Å². The highest BCUT2D eigenvalue weighted by Gasteiger charge is 2.16. The molecule has 0 atom stereocenters. The second-order valence-electron chi connectivity index (χ2n) is 3.53. The van der Waals surface area contributed by atoms with Gasteiger partial charge in [-0.25, -0.2) is 0 Å². The summed E-state index contributed by atoms with van der Waals surface area (Å²) >= 11 is 0. The van der Waals surface area contributed by atoms with E-state index >= 15 is 0 Å². The third-order valence-electron chi connectivity index (χ3n) is 2.67. The highest BCUT2D eigenvalue weighted by Crippen LogP contribution is 2.28. The summed E-state index contributed by atoms with van der Waals surface area (Å²) in [6.07, 6.45) is 5.95. The number of hydrogen-bond acceptors (Lipinski definition) is 3. The third kappa shape index (κ3) is 1.80. The summed E-state index contributed by atoms with van der Waals surface area (Å²) in [6.45, 7) is 2.21. The minimum absolute atomic E-state index is 0.629. The van der Waals surface area contributed by atoms with Crippen molar-refractivity contribution in [2.45, 2.75) is 18.8 Å². The molecule has 1 aliphatic rings. The van der Waals surface area contributed by atoms with Crippen LogP contribution in [0.15, 0.2) is 18.5 Å². The molecule has 1 saturated heterocycles. The summed E-state index contributed by atoms with van der Waals surface area (Å²) in [5, 5.41) is 3.35. The van der Waals surface area contributed by atoms with Gasteiger partial charge in [-0.2, -0.15) is 0 Å². The molecular weight excluding hydrogens is 162 g/mol. The second kappa shape index (κ2) is 3.75. The lowest BCUT2D eigenvalue weighted by atomic mass is 9.90. The van der Waals surface area contributed by atoms with Gasteiger partial charge >= 0.3 is 0 Å². The van der Waals surface area contributed by atoms with E-state index in [0.29, 0.717) is 5.92 Å². The van der Waals surface area contributed by atoms with Gasteiger partial charge in [0.2, 0.25) is 0 Å². The molecule has 0 radical (unpaired) electrons. The van der Waals surface area contributed by atoms with E-state index in [-0.39, 0.29) is 0 Å². The van der Waals surface area contributed by atoms with Crippen molar-refractivity contribution < 1.29 is 0 Å². The molecule has 2 rings (SSSR count). The van der Waals surface area contributed by atoms with Crippen molar-refractivity contribution in [1.29, 1.82) is 0 Å². The molecule has 0 unspecified atom stereocenters. The number of nitrogen functional groups attached to an aromatic ring is 1. The summed E-state index contributed by atoms with van der Waals surface area (Å²) in [7, 11) is 0. The predicted octanol–water partition coefficient (Wildman–Crippen LogP) is 1.13. The zero-order valence-electron chi connectivity index (χ0n) is 7.66. The Morgan fingerprint density at radius 1 is 1.38 bits per heavy atom. The number of nitrogens with one attached hydrogen (secondary N) is 1. The zero-order valence-corrected chi connectivity index (χ0v) is 7.66. The Kier molecular flexibility index (Phi) is 2.45. The molecule has 1 aromatic rings. The van der Waals surface area contributed by atoms with E-state index in [9.17, 15) is 0 Å². The fourth-order valence-corrected chi connectivity index (χ4v) is 1.92. The molecule has 0 aliphatic carbocycles. The van der Waals surface area contributed by atoms with E-state index in [1.165, 1.54) is 18.4 Å². The highest BCUT2D eigenvalue weighted by molar-refractivity contribution is 5.46. The van der Waals surface area contributed by atoms with E-state index in [4.69, 9.17) is 5.73 Å². The Morgan fingerprint density at radius 3 is 2.85 bits per heavy atom. The van der Waals surface area contributed by atoms with Crippen LogP contribution in [0, 0.1) is 0 Å². The quantitative estimate of drug-likeness (QED) is 0.676. The maximum atomic E-state index is 5.87. The van der Waals surface area contributed by atoms with Crippen LogP contribution in [-0.2, 0) is 0 Å². The van der Waals surface area contributed by atoms with Gasteiger partial charge in [0.1, 0.15) is 0 Å². The van der Waals surface area contributed by atoms with Crippen LogP contribution in [0.4, 0.5) is 5.69 Å². The number of piperidine rings is 1. The number of aromatic nitrogens is 1. The van der Waals surface area contributed by atoms with Crippen LogP contribution < -0.4 is 11.1 Å². The molecule has 1 aliphatic heterocycles. The van der Waals surface area contributed by atoms with Crippen molar-refractivity contribution >= 4 is 5.69 Å². The fourth-order valence-electron chi connectivity index (χ4n) is 1.92. The summed E-state index contributed by atoms with van der Waals surface area (Å²) in [5.74, 6) is 0.629. The lowest BCUT2D eigenvalue weighted by Gasteiger charge is -2.23. The van der Waals surface area contributed by atoms with E-state index in [1.54, 1.807) is 6.20 Å². The molecule has 13 heavy (non-hydrogen) atoms. The second-order valence-corrected chi connectivity index (χ2v) is 3.53. The first kappa shape index (κ1) is 8.51. The van der Waals surface area contributed by atoms with Gasteiger partial charge in [0.05, 0.1) is 11.9 Å². The normalized spacial score (nSPS) is 18.8. The molecular formula is C10H15N3. The zero-order chi connectivity index (χ0) is 9.10. The van der Waals surface area contributed by atoms with Crippen molar-refractivity contribution in [3.05, 3.63) is 24.0 Å². The monoisotopic (exact) mass is 177 g/mol. The lowest BCUT2D eigenvalue weighted by Crippen LogP contribution is -2.27. The predicted molar refractivity (Wildman–Crippen MR) is 53.5 cm³/mol. The lowest BCUT2D eigenvalue weighted by molar-refractivity contribution is 0.461. The van der Waals surface area contributed by atoms with E-state index < -0.39 is 0 Å². The van der Waals surface area contributed by atoms with Gasteiger partial charge in [0, 0.05) is 6.20 Å². The topological polar surface area (TPSA) is 50.9 Å². The number of nitrogens with two attached hydrogens (primary N) is 1. The van der Waals surface area contributed by atoms with Gasteiger partial charge in [-0.15, -0.1) is 0 Å². The number of hydrogen-bond donors (Lipinski definition) is 2. The van der Waals surface area contributed by atoms with Crippen LogP contribution in [0.5, 0.6) is 0 Å². The van der Waals surface area contributed by atoms with E-state index in [2.05, 4.69) is 10.3 Å². The van der Waals surface area contributed by atoms with Gasteiger partial charge in [-0.3, -0.25) is 4.98 Å². The van der Waals surface area contributed by atoms with Crippen molar-refractivity contribution in [3.8, 4) is 0 Å². The van der Waals surface area contributed by atoms with E-state index in [1.807, 2.05) is 12.3 Å². The van der Waals surface area contributed by atoms with Crippen molar-refractivity contribution in [2.75, 3.05) is 18.8 Å². The van der Waals surface area contributed by atoms with Gasteiger partial charge in [-0.1, -0.05) is 0 Å². The van der Waals surface area contributed by atoms with Crippen LogP contribution in [0.2, 0.25) is 0 Å². The summed E-state index contributed by atoms with van der Waals surface area (Å²) < 4.78 is 0. The maximum Gasteiger partial charge on any atom is 0.0535 e. The average Bonchev–Trinajstić information content (AvgIpc) is 2.20. The molecule has 3 N–H and O–H groups in total. The Hall–Kier alpha value is -1.09. The standard InChI is InChI=1S/C10H15N3/c11-10-7-13-6-3-9(10)8-1-4-12-5-2-8/h3,6-8,12H,1-2,4-5,11H2. The SMILES string of the molecule is Nc1cnccc1C1CCNCC1. The molecule has 70 valence electrons. The van der Waals surface area contributed by atoms with Gasteiger partial charge < -0.3 is 11.1 Å². The molecule has 1 fully saturated rings. The van der Waals surface area contributed by atoms with Gasteiger partial charge in [0.15, 0.2) is 0 Å². The molecule has 0 amide bonds. The first-order valence-electron chi connectivity index (χ1n) is 4.78. The van der Waals surface area contributed by atoms with Gasteiger partial charge in [-0.05, 0) is 43.5 Å². The van der Waals surface area contributed by atoms with Crippen molar-refractivity contribution in [3.63, 3.8) is 0 Å². The average molecular weight is 177 g/mol. The molecule has 3 nitrogen and oxygen atoms in total. The Morgan fingerprint density at radius 2 is 2.15 bits per heavy atom. The summed E-state index contributed by atoms with van der Waals surface area (Å²) in [4.78, 5) is 4.00. The highest BCUT2D eigenvalue weighted by atomic mass is 14.9. The maximum absolute atomic E-state index is 5.87. The minimum atomic E-state index is 0.629. The first-order valence-corrected chi connectivity index (χ1v) is 4.78. The minimum Gasteiger partial charge on any atom is -0.397 e. The number of rotatable bonds is 1. The van der Waals surface area contributed by atoms with Crippen LogP contribution >= 0.6 is 0 Å². The van der Waals surface area contributed by atoms with Crippen molar-refractivity contribution in [2.24, 2.45) is 0 Å². The van der Waals surface area contributed by atoms with E-state index in [0.717, 1.165) is 18.8 Å². The molecule has 0 bridgehead atoms. The largest absolute Gasteiger partial charge is 0.397 e. The Balaban J connectivity index is 2.18. The van der Waals surface area contributed by atoms with Gasteiger partial charge in [0.25, 0.3) is 0 Å². The fraction of sp³-hybridized carbons (Fsp3) is 0.500. The Labute approximate surface area is 78.4 Å². The number of pyridine rings is 1. The molecule has 1 aromatic heterocycles. The number of anilines is 1. The van der Waals surface area contributed by atoms with Crippen LogP contribution in [0.25, 0.3) is 0 Å². The molecule has 2 heterocycles. The first-order chi connectivity index (χ1) is 6.38. The molecule has 3 heteroatoms. The molecule has 0 aromatic carbocycles. The van der Waals surface area contributed by atoms with Crippen LogP contribution in [-0.4, -0.2) is 18.1 Å². The summed E-state index contributed by atoms with van der Waals surface area (Å²) in [6, 6.07) is 2.05. The molecule has 0 spiro atoms. The summed E-state index contributed by atoms with van der Waals surface area (Å²) in [5.41, 5.74) is 7.99. The number of nitrogens with zero attached hydrogens (tertiary/aromatic N) is 1. The molecule has 0 saturated carbocycles. The third-order valence-corrected chi connectivity index (χ3v) is 2.67.